The molecule has 0 aliphatic heterocycles. The Kier molecular flexibility index (Phi) is 3.93. The molecular weight excluding hydrogens is 237 g/mol. The summed E-state index contributed by atoms with van der Waals surface area (Å²) < 4.78 is 36.6. The van der Waals surface area contributed by atoms with Gasteiger partial charge in [0.25, 0.3) is 0 Å². The minimum atomic E-state index is -4.42. The van der Waals surface area contributed by atoms with Crippen molar-refractivity contribution < 1.29 is 23.1 Å². The second-order valence-electron chi connectivity index (χ2n) is 3.55. The number of hydrogen-bond acceptors (Lipinski definition) is 3. The summed E-state index contributed by atoms with van der Waals surface area (Å²) in [6.45, 7) is 1.59. The van der Waals surface area contributed by atoms with Crippen molar-refractivity contribution >= 4 is 11.8 Å². The van der Waals surface area contributed by atoms with Crippen molar-refractivity contribution in [3.05, 3.63) is 23.9 Å². The van der Waals surface area contributed by atoms with E-state index in [1.165, 1.54) is 6.92 Å². The summed E-state index contributed by atoms with van der Waals surface area (Å²) in [5.41, 5.74) is -0.839. The van der Waals surface area contributed by atoms with Crippen LogP contribution in [0.15, 0.2) is 18.3 Å². The normalized spacial score (nSPS) is 13.2. The number of halogens is 3. The molecule has 4 nitrogen and oxygen atoms in total. The molecule has 1 aromatic heterocycles. The van der Waals surface area contributed by atoms with Crippen LogP contribution in [0.25, 0.3) is 0 Å². The highest BCUT2D eigenvalue weighted by Gasteiger charge is 2.30. The second-order valence-corrected chi connectivity index (χ2v) is 3.55. The summed E-state index contributed by atoms with van der Waals surface area (Å²) in [6, 6.07) is 2.05. The molecule has 0 aromatic carbocycles. The minimum Gasteiger partial charge on any atom is -0.481 e. The van der Waals surface area contributed by atoms with Crippen LogP contribution < -0.4 is 5.32 Å². The molecule has 0 aliphatic carbocycles. The van der Waals surface area contributed by atoms with Gasteiger partial charge in [-0.2, -0.15) is 13.2 Å². The van der Waals surface area contributed by atoms with Crippen LogP contribution in [0.5, 0.6) is 0 Å². The van der Waals surface area contributed by atoms with Crippen LogP contribution in [0, 0.1) is 5.92 Å². The topological polar surface area (TPSA) is 62.2 Å². The monoisotopic (exact) mass is 248 g/mol. The molecule has 0 fully saturated rings. The van der Waals surface area contributed by atoms with Crippen LogP contribution in [-0.4, -0.2) is 22.6 Å². The van der Waals surface area contributed by atoms with Gasteiger partial charge >= 0.3 is 12.1 Å². The summed E-state index contributed by atoms with van der Waals surface area (Å²) in [5.74, 6) is -1.41. The van der Waals surface area contributed by atoms with E-state index in [1.807, 2.05) is 0 Å². The number of nitrogens with one attached hydrogen (secondary N) is 1. The summed E-state index contributed by atoms with van der Waals surface area (Å²) >= 11 is 0. The average molecular weight is 248 g/mol. The molecule has 0 saturated carbocycles. The number of aliphatic carboxylic acids is 1. The number of nitrogens with zero attached hydrogens (tertiary/aromatic N) is 1. The third kappa shape index (κ3) is 3.93. The largest absolute Gasteiger partial charge is 0.481 e. The highest BCUT2D eigenvalue weighted by Crippen LogP contribution is 2.28. The number of pyridine rings is 1. The van der Waals surface area contributed by atoms with Crippen LogP contribution in [0.2, 0.25) is 0 Å². The van der Waals surface area contributed by atoms with Gasteiger partial charge in [0.1, 0.15) is 5.82 Å². The summed E-state index contributed by atoms with van der Waals surface area (Å²) in [6.07, 6.45) is -3.71. The van der Waals surface area contributed by atoms with E-state index in [-0.39, 0.29) is 12.4 Å². The van der Waals surface area contributed by atoms with Gasteiger partial charge in [-0.05, 0) is 12.1 Å². The Balaban J connectivity index is 2.60. The van der Waals surface area contributed by atoms with E-state index in [0.29, 0.717) is 6.20 Å². The zero-order chi connectivity index (χ0) is 13.1. The summed E-state index contributed by atoms with van der Waals surface area (Å²) in [4.78, 5) is 14.0. The summed E-state index contributed by atoms with van der Waals surface area (Å²) in [7, 11) is 0. The lowest BCUT2D eigenvalue weighted by molar-refractivity contribution is -0.140. The van der Waals surface area contributed by atoms with Crippen molar-refractivity contribution in [3.63, 3.8) is 0 Å². The Bertz CT molecular complexity index is 390. The van der Waals surface area contributed by atoms with Crippen LogP contribution in [0.3, 0.4) is 0 Å². The first-order valence-electron chi connectivity index (χ1n) is 4.80. The number of aromatic nitrogens is 1. The van der Waals surface area contributed by atoms with E-state index in [9.17, 15) is 18.0 Å². The molecule has 0 amide bonds. The van der Waals surface area contributed by atoms with Crippen molar-refractivity contribution in [2.75, 3.05) is 11.9 Å². The number of carboxylic acid groups (broad SMARTS) is 1. The van der Waals surface area contributed by atoms with Gasteiger partial charge in [-0.15, -0.1) is 0 Å². The number of carbonyl (C=O) groups is 1. The van der Waals surface area contributed by atoms with Gasteiger partial charge in [-0.3, -0.25) is 4.79 Å². The van der Waals surface area contributed by atoms with Gasteiger partial charge in [-0.1, -0.05) is 6.92 Å². The lowest BCUT2D eigenvalue weighted by Gasteiger charge is -2.10. The van der Waals surface area contributed by atoms with Crippen molar-refractivity contribution in [2.45, 2.75) is 13.1 Å². The Hall–Kier alpha value is -1.79. The van der Waals surface area contributed by atoms with E-state index in [2.05, 4.69) is 10.3 Å². The molecule has 0 radical (unpaired) electrons. The smallest absolute Gasteiger partial charge is 0.417 e. The fourth-order valence-corrected chi connectivity index (χ4v) is 1.01. The first kappa shape index (κ1) is 13.3. The minimum absolute atomic E-state index is 0.105. The van der Waals surface area contributed by atoms with E-state index < -0.39 is 23.6 Å². The third-order valence-electron chi connectivity index (χ3n) is 2.10. The van der Waals surface area contributed by atoms with Gasteiger partial charge < -0.3 is 10.4 Å². The molecule has 1 rings (SSSR count). The Morgan fingerprint density at radius 3 is 2.59 bits per heavy atom. The molecule has 0 saturated heterocycles. The van der Waals surface area contributed by atoms with E-state index in [1.54, 1.807) is 0 Å². The third-order valence-corrected chi connectivity index (χ3v) is 2.10. The van der Waals surface area contributed by atoms with Crippen LogP contribution in [-0.2, 0) is 11.0 Å². The first-order valence-corrected chi connectivity index (χ1v) is 4.80. The predicted octanol–water partition coefficient (Wildman–Crippen LogP) is 2.23. The lowest BCUT2D eigenvalue weighted by atomic mass is 10.2. The number of alkyl halides is 3. The zero-order valence-corrected chi connectivity index (χ0v) is 8.95. The maximum atomic E-state index is 12.2. The summed E-state index contributed by atoms with van der Waals surface area (Å²) in [5, 5.41) is 11.2. The first-order chi connectivity index (χ1) is 7.80. The van der Waals surface area contributed by atoms with Crippen molar-refractivity contribution in [1.29, 1.82) is 0 Å². The maximum absolute atomic E-state index is 12.2. The number of hydrogen-bond donors (Lipinski definition) is 2. The predicted molar refractivity (Wildman–Crippen MR) is 54.5 cm³/mol. The molecule has 1 aromatic rings. The van der Waals surface area contributed by atoms with Crippen molar-refractivity contribution in [2.24, 2.45) is 5.92 Å². The highest BCUT2D eigenvalue weighted by atomic mass is 19.4. The lowest BCUT2D eigenvalue weighted by Crippen LogP contribution is -2.20. The van der Waals surface area contributed by atoms with Crippen LogP contribution in [0.1, 0.15) is 12.5 Å². The van der Waals surface area contributed by atoms with E-state index in [0.717, 1.165) is 12.1 Å². The van der Waals surface area contributed by atoms with Gasteiger partial charge in [-0.25, -0.2) is 4.98 Å². The van der Waals surface area contributed by atoms with Crippen LogP contribution >= 0.6 is 0 Å². The average Bonchev–Trinajstić information content (AvgIpc) is 2.25. The van der Waals surface area contributed by atoms with Gasteiger partial charge in [0.2, 0.25) is 0 Å². The fraction of sp³-hybridized carbons (Fsp3) is 0.400. The quantitative estimate of drug-likeness (QED) is 0.857. The molecule has 1 atom stereocenters. The molecule has 1 heterocycles. The molecule has 7 heteroatoms. The molecule has 0 spiro atoms. The molecule has 1 unspecified atom stereocenters. The van der Waals surface area contributed by atoms with Crippen molar-refractivity contribution in [1.82, 2.24) is 4.98 Å². The Labute approximate surface area is 95.5 Å². The van der Waals surface area contributed by atoms with Crippen molar-refractivity contribution in [3.8, 4) is 0 Å². The number of carboxylic acids is 1. The maximum Gasteiger partial charge on any atom is 0.417 e. The molecule has 0 aliphatic rings. The number of anilines is 1. The number of rotatable bonds is 4. The molecule has 17 heavy (non-hydrogen) atoms. The van der Waals surface area contributed by atoms with Gasteiger partial charge in [0, 0.05) is 12.7 Å². The van der Waals surface area contributed by atoms with Gasteiger partial charge in [0.05, 0.1) is 11.5 Å². The molecule has 94 valence electrons. The van der Waals surface area contributed by atoms with Gasteiger partial charge in [0.15, 0.2) is 0 Å². The standard InChI is InChI=1S/C10H11F3N2O2/c1-6(9(16)17)4-14-8-3-2-7(5-15-8)10(11,12)13/h2-3,5-6H,4H2,1H3,(H,14,15)(H,16,17). The molecule has 0 bridgehead atoms. The van der Waals surface area contributed by atoms with E-state index >= 15 is 0 Å². The fourth-order valence-electron chi connectivity index (χ4n) is 1.01. The SMILES string of the molecule is CC(CNc1ccc(C(F)(F)F)cn1)C(=O)O. The van der Waals surface area contributed by atoms with Crippen LogP contribution in [0.4, 0.5) is 19.0 Å². The second kappa shape index (κ2) is 5.03. The Morgan fingerprint density at radius 2 is 2.18 bits per heavy atom. The molecule has 2 N–H and O–H groups in total. The van der Waals surface area contributed by atoms with E-state index in [4.69, 9.17) is 5.11 Å². The zero-order valence-electron chi connectivity index (χ0n) is 8.95. The highest BCUT2D eigenvalue weighted by molar-refractivity contribution is 5.70. The molecular formula is C10H11F3N2O2. The Morgan fingerprint density at radius 1 is 1.53 bits per heavy atom.